The highest BCUT2D eigenvalue weighted by molar-refractivity contribution is 7.43. The van der Waals surface area contributed by atoms with Gasteiger partial charge in [0.05, 0.1) is 0 Å². The van der Waals surface area contributed by atoms with Crippen LogP contribution in [-0.2, 0) is 12.8 Å². The Morgan fingerprint density at radius 2 is 1.38 bits per heavy atom. The molecule has 0 spiro atoms. The van der Waals surface area contributed by atoms with Crippen molar-refractivity contribution in [3.05, 3.63) is 89.0 Å². The first kappa shape index (κ1) is 24.1. The van der Waals surface area contributed by atoms with E-state index in [1.807, 2.05) is 42.5 Å². The van der Waals surface area contributed by atoms with Gasteiger partial charge in [-0.05, 0) is 80.5 Å². The zero-order chi connectivity index (χ0) is 22.8. The summed E-state index contributed by atoms with van der Waals surface area (Å²) < 4.78 is 18.9. The Morgan fingerprint density at radius 1 is 0.688 bits per heavy atom. The summed E-state index contributed by atoms with van der Waals surface area (Å²) in [7, 11) is -1.67. The summed E-state index contributed by atoms with van der Waals surface area (Å²) in [6, 6.07) is 22.4. The average Bonchev–Trinajstić information content (AvgIpc) is 2.80. The van der Waals surface area contributed by atoms with Crippen LogP contribution in [0.4, 0.5) is 0 Å². The van der Waals surface area contributed by atoms with Crippen LogP contribution in [0, 0.1) is 13.8 Å². The van der Waals surface area contributed by atoms with Gasteiger partial charge in [0, 0.05) is 0 Å². The summed E-state index contributed by atoms with van der Waals surface area (Å²) in [5.41, 5.74) is 4.87. The Labute approximate surface area is 194 Å². The van der Waals surface area contributed by atoms with E-state index in [0.717, 1.165) is 48.5 Å². The van der Waals surface area contributed by atoms with Gasteiger partial charge in [0.15, 0.2) is 0 Å². The Bertz CT molecular complexity index is 972. The minimum Gasteiger partial charge on any atom is -0.409 e. The number of hydrogen-bond donors (Lipinski definition) is 0. The molecule has 0 saturated heterocycles. The second-order valence-corrected chi connectivity index (χ2v) is 9.22. The topological polar surface area (TPSA) is 27.7 Å². The number of hydrogen-bond acceptors (Lipinski definition) is 3. The molecule has 0 bridgehead atoms. The summed E-state index contributed by atoms with van der Waals surface area (Å²) in [4.78, 5) is 0. The minimum atomic E-state index is -1.67. The van der Waals surface area contributed by atoms with E-state index in [2.05, 4.69) is 52.0 Å². The first-order chi connectivity index (χ1) is 15.6. The van der Waals surface area contributed by atoms with Crippen LogP contribution in [0.15, 0.2) is 66.7 Å². The van der Waals surface area contributed by atoms with Gasteiger partial charge in [-0.2, -0.15) is 0 Å². The van der Waals surface area contributed by atoms with Gasteiger partial charge in [-0.1, -0.05) is 74.7 Å². The first-order valence-corrected chi connectivity index (χ1v) is 12.8. The minimum absolute atomic E-state index is 0.734. The number of benzene rings is 3. The van der Waals surface area contributed by atoms with Crippen LogP contribution in [-0.4, -0.2) is 0 Å². The van der Waals surface area contributed by atoms with Crippen molar-refractivity contribution in [1.82, 2.24) is 0 Å². The normalized spacial score (nSPS) is 11.8. The fourth-order valence-electron chi connectivity index (χ4n) is 3.49. The molecule has 0 aliphatic heterocycles. The second kappa shape index (κ2) is 12.5. The highest BCUT2D eigenvalue weighted by Gasteiger charge is 2.22. The van der Waals surface area contributed by atoms with Crippen LogP contribution in [0.5, 0.6) is 17.2 Å². The largest absolute Gasteiger partial charge is 0.530 e. The van der Waals surface area contributed by atoms with E-state index in [4.69, 9.17) is 13.6 Å². The molecule has 0 fully saturated rings. The molecule has 0 aliphatic carbocycles. The maximum absolute atomic E-state index is 6.38. The standard InChI is InChI=1S/C28H35O3P/c1-5-7-12-24-17-19-27(23(4)21-24)30-32(29-26-14-10-9-11-15-26)31-28-18-16-22(3)20-25(28)13-8-6-2/h9-11,14-21H,5-8,12-13H2,1-4H3. The molecular formula is C28H35O3P. The molecule has 3 aromatic carbocycles. The van der Waals surface area contributed by atoms with Crippen molar-refractivity contribution < 1.29 is 13.6 Å². The summed E-state index contributed by atoms with van der Waals surface area (Å²) in [6.07, 6.45) is 6.72. The molecule has 0 radical (unpaired) electrons. The van der Waals surface area contributed by atoms with E-state index in [1.165, 1.54) is 29.5 Å². The van der Waals surface area contributed by atoms with E-state index < -0.39 is 8.60 Å². The van der Waals surface area contributed by atoms with Crippen molar-refractivity contribution in [2.24, 2.45) is 0 Å². The second-order valence-electron chi connectivity index (χ2n) is 8.23. The molecule has 0 saturated carbocycles. The van der Waals surface area contributed by atoms with Crippen molar-refractivity contribution in [3.63, 3.8) is 0 Å². The Kier molecular flexibility index (Phi) is 9.43. The van der Waals surface area contributed by atoms with E-state index in [0.29, 0.717) is 0 Å². The lowest BCUT2D eigenvalue weighted by Gasteiger charge is -2.21. The van der Waals surface area contributed by atoms with Gasteiger partial charge in [0.2, 0.25) is 0 Å². The maximum Gasteiger partial charge on any atom is 0.530 e. The zero-order valence-electron chi connectivity index (χ0n) is 19.8. The molecule has 1 unspecified atom stereocenters. The highest BCUT2D eigenvalue weighted by atomic mass is 31.2. The molecule has 4 heteroatoms. The quantitative estimate of drug-likeness (QED) is 0.258. The van der Waals surface area contributed by atoms with Crippen LogP contribution < -0.4 is 13.6 Å². The van der Waals surface area contributed by atoms with Crippen LogP contribution in [0.2, 0.25) is 0 Å². The third kappa shape index (κ3) is 7.28. The van der Waals surface area contributed by atoms with Crippen molar-refractivity contribution in [2.75, 3.05) is 0 Å². The van der Waals surface area contributed by atoms with E-state index in [-0.39, 0.29) is 0 Å². The van der Waals surface area contributed by atoms with Crippen molar-refractivity contribution in [1.29, 1.82) is 0 Å². The molecule has 0 aliphatic rings. The maximum atomic E-state index is 6.38. The predicted octanol–water partition coefficient (Wildman–Crippen LogP) is 8.75. The molecule has 3 nitrogen and oxygen atoms in total. The predicted molar refractivity (Wildman–Crippen MR) is 135 cm³/mol. The Balaban J connectivity index is 1.83. The smallest absolute Gasteiger partial charge is 0.409 e. The number of para-hydroxylation sites is 1. The number of aryl methyl sites for hydroxylation is 4. The molecule has 3 aromatic rings. The van der Waals surface area contributed by atoms with E-state index in [1.54, 1.807) is 0 Å². The molecule has 0 aromatic heterocycles. The molecule has 0 heterocycles. The molecule has 3 rings (SSSR count). The lowest BCUT2D eigenvalue weighted by Crippen LogP contribution is -2.05. The number of unbranched alkanes of at least 4 members (excludes halogenated alkanes) is 2. The third-order valence-corrected chi connectivity index (χ3v) is 6.39. The molecule has 0 amide bonds. The first-order valence-electron chi connectivity index (χ1n) is 11.7. The average molecular weight is 451 g/mol. The SMILES string of the molecule is CCCCc1ccc(OP(Oc2ccccc2)Oc2ccc(C)cc2CCCC)c(C)c1. The molecule has 170 valence electrons. The van der Waals surface area contributed by atoms with E-state index >= 15 is 0 Å². The highest BCUT2D eigenvalue weighted by Crippen LogP contribution is 2.44. The van der Waals surface area contributed by atoms with Gasteiger partial charge < -0.3 is 13.6 Å². The van der Waals surface area contributed by atoms with Gasteiger partial charge in [-0.25, -0.2) is 0 Å². The molecule has 32 heavy (non-hydrogen) atoms. The van der Waals surface area contributed by atoms with Crippen LogP contribution in [0.25, 0.3) is 0 Å². The van der Waals surface area contributed by atoms with Gasteiger partial charge in [-0.15, -0.1) is 0 Å². The molecule has 1 atom stereocenters. The summed E-state index contributed by atoms with van der Waals surface area (Å²) in [5, 5.41) is 0. The van der Waals surface area contributed by atoms with Crippen LogP contribution in [0.3, 0.4) is 0 Å². The van der Waals surface area contributed by atoms with Gasteiger partial charge in [0.25, 0.3) is 0 Å². The number of rotatable bonds is 12. The van der Waals surface area contributed by atoms with Gasteiger partial charge in [0.1, 0.15) is 17.2 Å². The van der Waals surface area contributed by atoms with Crippen molar-refractivity contribution in [2.45, 2.75) is 66.2 Å². The molecular weight excluding hydrogens is 415 g/mol. The van der Waals surface area contributed by atoms with E-state index in [9.17, 15) is 0 Å². The third-order valence-electron chi connectivity index (χ3n) is 5.34. The fraction of sp³-hybridized carbons (Fsp3) is 0.357. The Morgan fingerprint density at radius 3 is 2.09 bits per heavy atom. The monoisotopic (exact) mass is 450 g/mol. The van der Waals surface area contributed by atoms with Crippen LogP contribution >= 0.6 is 8.60 Å². The van der Waals surface area contributed by atoms with Crippen molar-refractivity contribution in [3.8, 4) is 17.2 Å². The zero-order valence-corrected chi connectivity index (χ0v) is 20.7. The lowest BCUT2D eigenvalue weighted by molar-refractivity contribution is 0.385. The van der Waals surface area contributed by atoms with Gasteiger partial charge >= 0.3 is 8.60 Å². The fourth-order valence-corrected chi connectivity index (χ4v) is 4.60. The summed E-state index contributed by atoms with van der Waals surface area (Å²) in [5.74, 6) is 2.37. The van der Waals surface area contributed by atoms with Gasteiger partial charge in [-0.3, -0.25) is 0 Å². The summed E-state index contributed by atoms with van der Waals surface area (Å²) in [6.45, 7) is 8.62. The summed E-state index contributed by atoms with van der Waals surface area (Å²) >= 11 is 0. The Hall–Kier alpha value is -2.51. The van der Waals surface area contributed by atoms with Crippen LogP contribution in [0.1, 0.15) is 61.8 Å². The van der Waals surface area contributed by atoms with Crippen molar-refractivity contribution >= 4 is 8.60 Å². The molecule has 0 N–H and O–H groups in total. The lowest BCUT2D eigenvalue weighted by atomic mass is 10.1.